The Balaban J connectivity index is 1.28. The number of amidine groups is 1. The molecule has 3 aliphatic rings. The molecule has 1 N–H and O–H groups in total. The van der Waals surface area contributed by atoms with Crippen LogP contribution in [0.2, 0.25) is 0 Å². The molecule has 0 unspecified atom stereocenters. The molecule has 0 spiro atoms. The minimum Gasteiger partial charge on any atom is -0.369 e. The Morgan fingerprint density at radius 3 is 2.50 bits per heavy atom. The first kappa shape index (κ1) is 24.8. The van der Waals surface area contributed by atoms with Crippen LogP contribution in [0.1, 0.15) is 44.0 Å². The lowest BCUT2D eigenvalue weighted by Gasteiger charge is -2.34. The van der Waals surface area contributed by atoms with Crippen molar-refractivity contribution in [3.05, 3.63) is 70.4 Å². The third-order valence-electron chi connectivity index (χ3n) is 7.51. The molecule has 8 heteroatoms. The molecule has 1 saturated heterocycles. The molecule has 2 aliphatic heterocycles. The van der Waals surface area contributed by atoms with Crippen LogP contribution in [0.4, 0.5) is 15.8 Å². The van der Waals surface area contributed by atoms with Crippen molar-refractivity contribution >= 4 is 23.4 Å². The highest BCUT2D eigenvalue weighted by molar-refractivity contribution is 5.98. The predicted octanol–water partition coefficient (Wildman–Crippen LogP) is 3.72. The van der Waals surface area contributed by atoms with Gasteiger partial charge in [0.25, 0.3) is 0 Å². The molecule has 1 aliphatic carbocycles. The number of halogens is 1. The van der Waals surface area contributed by atoms with Gasteiger partial charge in [0.2, 0.25) is 0 Å². The van der Waals surface area contributed by atoms with E-state index >= 15 is 4.39 Å². The first-order chi connectivity index (χ1) is 18.5. The number of aromatic nitrogens is 2. The topological polar surface area (TPSA) is 61.1 Å². The summed E-state index contributed by atoms with van der Waals surface area (Å²) in [4.78, 5) is 19.2. The van der Waals surface area contributed by atoms with Crippen LogP contribution >= 0.6 is 0 Å². The van der Waals surface area contributed by atoms with Gasteiger partial charge in [0, 0.05) is 55.4 Å². The lowest BCUT2D eigenvalue weighted by molar-refractivity contribution is 0.313. The fourth-order valence-electron chi connectivity index (χ4n) is 5.30. The normalized spacial score (nSPS) is 17.9. The number of anilines is 2. The number of piperazine rings is 1. The van der Waals surface area contributed by atoms with Crippen molar-refractivity contribution in [3.8, 4) is 5.82 Å². The van der Waals surface area contributed by atoms with Crippen LogP contribution in [0.15, 0.2) is 52.4 Å². The summed E-state index contributed by atoms with van der Waals surface area (Å²) < 4.78 is 17.7. The minimum atomic E-state index is -0.219. The van der Waals surface area contributed by atoms with E-state index in [0.29, 0.717) is 34.7 Å². The lowest BCUT2D eigenvalue weighted by Crippen LogP contribution is -2.44. The van der Waals surface area contributed by atoms with Crippen molar-refractivity contribution in [1.29, 1.82) is 0 Å². The Kier molecular flexibility index (Phi) is 6.74. The van der Waals surface area contributed by atoms with Gasteiger partial charge < -0.3 is 15.1 Å². The summed E-state index contributed by atoms with van der Waals surface area (Å²) >= 11 is 0. The van der Waals surface area contributed by atoms with E-state index < -0.39 is 0 Å². The van der Waals surface area contributed by atoms with Gasteiger partial charge in [-0.25, -0.2) is 14.4 Å². The quantitative estimate of drug-likeness (QED) is 0.546. The van der Waals surface area contributed by atoms with E-state index in [0.717, 1.165) is 62.6 Å². The highest BCUT2D eigenvalue weighted by Gasteiger charge is 2.33. The molecule has 0 bridgehead atoms. The van der Waals surface area contributed by atoms with E-state index in [2.05, 4.69) is 65.3 Å². The van der Waals surface area contributed by atoms with Crippen molar-refractivity contribution in [3.63, 3.8) is 0 Å². The van der Waals surface area contributed by atoms with Crippen LogP contribution in [0.3, 0.4) is 0 Å². The Labute approximate surface area is 223 Å². The molecule has 4 heterocycles. The van der Waals surface area contributed by atoms with Crippen LogP contribution in [-0.2, 0) is 6.42 Å². The monoisotopic (exact) mass is 513 g/mol. The summed E-state index contributed by atoms with van der Waals surface area (Å²) in [6, 6.07) is 14.4. The zero-order valence-corrected chi connectivity index (χ0v) is 22.5. The number of benzene rings is 1. The molecule has 198 valence electrons. The zero-order chi connectivity index (χ0) is 26.2. The van der Waals surface area contributed by atoms with E-state index in [9.17, 15) is 0 Å². The van der Waals surface area contributed by atoms with Gasteiger partial charge in [-0.1, -0.05) is 19.9 Å². The maximum absolute atomic E-state index is 15.8. The Hall–Kier alpha value is -3.52. The van der Waals surface area contributed by atoms with Gasteiger partial charge in [0.1, 0.15) is 17.1 Å². The average molecular weight is 514 g/mol. The maximum Gasteiger partial charge on any atom is 0.155 e. The van der Waals surface area contributed by atoms with Crippen LogP contribution in [-0.4, -0.2) is 60.1 Å². The van der Waals surface area contributed by atoms with Crippen molar-refractivity contribution in [2.75, 3.05) is 50.0 Å². The summed E-state index contributed by atoms with van der Waals surface area (Å²) in [5, 5.41) is 3.84. The number of hydrogen-bond donors (Lipinski definition) is 1. The van der Waals surface area contributed by atoms with E-state index in [-0.39, 0.29) is 11.7 Å². The maximum atomic E-state index is 15.8. The van der Waals surface area contributed by atoms with E-state index in [1.54, 1.807) is 6.20 Å². The second kappa shape index (κ2) is 10.3. The van der Waals surface area contributed by atoms with Crippen LogP contribution in [0.5, 0.6) is 0 Å². The molecule has 1 aromatic carbocycles. The number of likely N-dealkylation sites (N-methyl/N-ethyl adjacent to an activating group) is 1. The van der Waals surface area contributed by atoms with E-state index in [1.165, 1.54) is 5.69 Å². The molecule has 2 fully saturated rings. The molecule has 2 aromatic heterocycles. The number of hydrogen-bond acceptors (Lipinski definition) is 6. The molecule has 0 amide bonds. The standard InChI is InChI=1S/C30H36FN7/c1-20(2)17-23-5-4-6-27(35-23)38-29(21-7-8-21)28(31)25-18-32-26(19-33-30(25)38)34-22-9-11-24(12-10-22)37-15-13-36(3)14-16-37/h4-6,9-12,18,20-21H,7-8,13-17,19H2,1-3H3,(H,32,34). The minimum absolute atomic E-state index is 0.210. The molecule has 38 heavy (non-hydrogen) atoms. The Morgan fingerprint density at radius 1 is 1.03 bits per heavy atom. The summed E-state index contributed by atoms with van der Waals surface area (Å²) in [7, 11) is 2.17. The fraction of sp³-hybridized carbons (Fsp3) is 0.433. The number of nitrogens with one attached hydrogen (secondary N) is 1. The fourth-order valence-corrected chi connectivity index (χ4v) is 5.30. The van der Waals surface area contributed by atoms with Gasteiger partial charge in [-0.2, -0.15) is 0 Å². The van der Waals surface area contributed by atoms with Gasteiger partial charge in [-0.3, -0.25) is 9.56 Å². The molecule has 0 atom stereocenters. The first-order valence-electron chi connectivity index (χ1n) is 13.7. The number of aliphatic imine (C=N–C) groups is 1. The zero-order valence-electron chi connectivity index (χ0n) is 22.5. The largest absolute Gasteiger partial charge is 0.369 e. The smallest absolute Gasteiger partial charge is 0.155 e. The second-order valence-electron chi connectivity index (χ2n) is 11.1. The van der Waals surface area contributed by atoms with E-state index in [4.69, 9.17) is 9.98 Å². The highest BCUT2D eigenvalue weighted by Crippen LogP contribution is 2.41. The Morgan fingerprint density at radius 2 is 1.79 bits per heavy atom. The summed E-state index contributed by atoms with van der Waals surface area (Å²) in [6.07, 6.45) is 4.49. The highest BCUT2D eigenvalue weighted by atomic mass is 19.1. The van der Waals surface area contributed by atoms with Gasteiger partial charge in [0.15, 0.2) is 5.82 Å². The van der Waals surface area contributed by atoms with E-state index in [1.807, 2.05) is 22.8 Å². The van der Waals surface area contributed by atoms with Crippen molar-refractivity contribution in [1.82, 2.24) is 14.5 Å². The lowest BCUT2D eigenvalue weighted by atomic mass is 10.1. The third kappa shape index (κ3) is 5.10. The van der Waals surface area contributed by atoms with Gasteiger partial charge >= 0.3 is 0 Å². The molecule has 1 saturated carbocycles. The number of pyridine rings is 1. The number of fused-ring (bicyclic) bond motifs is 1. The SMILES string of the molecule is CC(C)Cc1cccc(-n2c(C3CC3)c(F)c3c2=NCC(Nc2ccc(N4CCN(C)CC4)cc2)=NC=3)n1. The third-order valence-corrected chi connectivity index (χ3v) is 7.51. The molecule has 6 rings (SSSR count). The summed E-state index contributed by atoms with van der Waals surface area (Å²) in [5.74, 6) is 1.91. The molecule has 7 nitrogen and oxygen atoms in total. The van der Waals surface area contributed by atoms with Gasteiger partial charge in [-0.05, 0) is 68.6 Å². The van der Waals surface area contributed by atoms with Crippen molar-refractivity contribution in [2.45, 2.75) is 39.0 Å². The molecular formula is C30H36FN7. The summed E-state index contributed by atoms with van der Waals surface area (Å²) in [6.45, 7) is 8.93. The van der Waals surface area contributed by atoms with Crippen LogP contribution in [0, 0.1) is 11.7 Å². The predicted molar refractivity (Wildman–Crippen MR) is 151 cm³/mol. The molecular weight excluding hydrogens is 477 g/mol. The van der Waals surface area contributed by atoms with Crippen LogP contribution in [0.25, 0.3) is 12.0 Å². The summed E-state index contributed by atoms with van der Waals surface area (Å²) in [5.41, 5.74) is 4.48. The molecule has 0 radical (unpaired) electrons. The first-order valence-corrected chi connectivity index (χ1v) is 13.7. The molecule has 3 aromatic rings. The number of nitrogens with zero attached hydrogens (tertiary/aromatic N) is 6. The van der Waals surface area contributed by atoms with Crippen molar-refractivity contribution in [2.24, 2.45) is 15.9 Å². The second-order valence-corrected chi connectivity index (χ2v) is 11.1. The van der Waals surface area contributed by atoms with Gasteiger partial charge in [0.05, 0.1) is 17.5 Å². The number of rotatable bonds is 6. The van der Waals surface area contributed by atoms with Crippen molar-refractivity contribution < 1.29 is 4.39 Å². The van der Waals surface area contributed by atoms with Gasteiger partial charge in [-0.15, -0.1) is 0 Å². The Bertz CT molecular complexity index is 1460. The average Bonchev–Trinajstić information content (AvgIpc) is 3.73. The van der Waals surface area contributed by atoms with Crippen LogP contribution < -0.4 is 20.9 Å².